The normalized spacial score (nSPS) is 14.3. The SMILES string of the molecule is CCn1nnc2c(N3CCN(C(=O)COc4ccccc4OC)CC3)ncnc21. The van der Waals surface area contributed by atoms with Crippen LogP contribution in [-0.4, -0.2) is 75.7 Å². The van der Waals surface area contributed by atoms with E-state index < -0.39 is 0 Å². The lowest BCUT2D eigenvalue weighted by Gasteiger charge is -2.35. The second-order valence-electron chi connectivity index (χ2n) is 6.58. The first-order chi connectivity index (χ1) is 14.2. The van der Waals surface area contributed by atoms with E-state index in [1.165, 1.54) is 6.33 Å². The summed E-state index contributed by atoms with van der Waals surface area (Å²) in [6.07, 6.45) is 1.53. The van der Waals surface area contributed by atoms with E-state index in [1.807, 2.05) is 19.1 Å². The van der Waals surface area contributed by atoms with Crippen molar-refractivity contribution in [2.75, 3.05) is 44.8 Å². The molecule has 4 rings (SSSR count). The summed E-state index contributed by atoms with van der Waals surface area (Å²) < 4.78 is 12.7. The summed E-state index contributed by atoms with van der Waals surface area (Å²) >= 11 is 0. The topological polar surface area (TPSA) is 98.5 Å². The zero-order valence-electron chi connectivity index (χ0n) is 16.5. The van der Waals surface area contributed by atoms with Gasteiger partial charge in [0.1, 0.15) is 6.33 Å². The number of ether oxygens (including phenoxy) is 2. The van der Waals surface area contributed by atoms with Gasteiger partial charge in [0.25, 0.3) is 5.91 Å². The summed E-state index contributed by atoms with van der Waals surface area (Å²) in [6, 6.07) is 7.29. The van der Waals surface area contributed by atoms with E-state index in [9.17, 15) is 4.79 Å². The number of rotatable bonds is 6. The molecule has 0 saturated carbocycles. The average molecular weight is 397 g/mol. The van der Waals surface area contributed by atoms with Crippen LogP contribution in [-0.2, 0) is 11.3 Å². The monoisotopic (exact) mass is 397 g/mol. The largest absolute Gasteiger partial charge is 0.493 e. The van der Waals surface area contributed by atoms with Gasteiger partial charge in [-0.3, -0.25) is 4.79 Å². The number of carbonyl (C=O) groups is 1. The average Bonchev–Trinajstić information content (AvgIpc) is 3.21. The summed E-state index contributed by atoms with van der Waals surface area (Å²) in [5.74, 6) is 1.87. The highest BCUT2D eigenvalue weighted by molar-refractivity contribution is 5.83. The first-order valence-corrected chi connectivity index (χ1v) is 9.54. The van der Waals surface area contributed by atoms with Gasteiger partial charge in [-0.15, -0.1) is 5.10 Å². The fourth-order valence-corrected chi connectivity index (χ4v) is 3.36. The van der Waals surface area contributed by atoms with Crippen molar-refractivity contribution in [1.29, 1.82) is 0 Å². The molecule has 1 aliphatic rings. The van der Waals surface area contributed by atoms with Crippen molar-refractivity contribution >= 4 is 22.9 Å². The minimum atomic E-state index is -0.0553. The van der Waals surface area contributed by atoms with E-state index in [-0.39, 0.29) is 12.5 Å². The first-order valence-electron chi connectivity index (χ1n) is 9.54. The minimum absolute atomic E-state index is 0.0248. The Morgan fingerprint density at radius 1 is 1.10 bits per heavy atom. The van der Waals surface area contributed by atoms with E-state index in [2.05, 4.69) is 25.2 Å². The highest BCUT2D eigenvalue weighted by Crippen LogP contribution is 2.26. The summed E-state index contributed by atoms with van der Waals surface area (Å²) in [5.41, 5.74) is 1.41. The Labute approximate surface area is 168 Å². The van der Waals surface area contributed by atoms with Crippen molar-refractivity contribution in [3.63, 3.8) is 0 Å². The second-order valence-corrected chi connectivity index (χ2v) is 6.58. The molecular formula is C19H23N7O3. The van der Waals surface area contributed by atoms with Gasteiger partial charge in [-0.1, -0.05) is 17.3 Å². The lowest BCUT2D eigenvalue weighted by Crippen LogP contribution is -2.50. The van der Waals surface area contributed by atoms with Crippen molar-refractivity contribution in [3.8, 4) is 11.5 Å². The van der Waals surface area contributed by atoms with Crippen LogP contribution in [0.2, 0.25) is 0 Å². The third-order valence-corrected chi connectivity index (χ3v) is 4.93. The maximum Gasteiger partial charge on any atom is 0.260 e. The van der Waals surface area contributed by atoms with Crippen molar-refractivity contribution in [1.82, 2.24) is 29.9 Å². The third-order valence-electron chi connectivity index (χ3n) is 4.93. The molecule has 3 heterocycles. The minimum Gasteiger partial charge on any atom is -0.493 e. The number of anilines is 1. The number of hydrogen-bond acceptors (Lipinski definition) is 8. The molecule has 1 saturated heterocycles. The molecule has 1 aliphatic heterocycles. The van der Waals surface area contributed by atoms with E-state index in [0.717, 1.165) is 11.5 Å². The number of carbonyl (C=O) groups excluding carboxylic acids is 1. The molecule has 2 aromatic heterocycles. The van der Waals surface area contributed by atoms with Gasteiger partial charge in [0, 0.05) is 32.7 Å². The third kappa shape index (κ3) is 3.78. The molecule has 0 bridgehead atoms. The van der Waals surface area contributed by atoms with Crippen LogP contribution in [0.4, 0.5) is 5.82 Å². The lowest BCUT2D eigenvalue weighted by molar-refractivity contribution is -0.133. The van der Waals surface area contributed by atoms with Crippen LogP contribution in [0.25, 0.3) is 11.2 Å². The van der Waals surface area contributed by atoms with Crippen LogP contribution in [0.3, 0.4) is 0 Å². The van der Waals surface area contributed by atoms with Gasteiger partial charge in [0.2, 0.25) is 0 Å². The van der Waals surface area contributed by atoms with Gasteiger partial charge in [0.15, 0.2) is 35.1 Å². The Bertz CT molecular complexity index is 998. The summed E-state index contributed by atoms with van der Waals surface area (Å²) in [6.45, 7) is 5.15. The van der Waals surface area contributed by atoms with Crippen molar-refractivity contribution in [2.45, 2.75) is 13.5 Å². The molecule has 0 unspecified atom stereocenters. The highest BCUT2D eigenvalue weighted by Gasteiger charge is 2.25. The zero-order valence-corrected chi connectivity index (χ0v) is 16.5. The van der Waals surface area contributed by atoms with Gasteiger partial charge in [-0.25, -0.2) is 14.6 Å². The van der Waals surface area contributed by atoms with Gasteiger partial charge in [-0.2, -0.15) is 0 Å². The molecule has 152 valence electrons. The molecule has 0 aliphatic carbocycles. The second kappa shape index (κ2) is 8.29. The predicted molar refractivity (Wildman–Crippen MR) is 106 cm³/mol. The number of para-hydroxylation sites is 2. The van der Waals surface area contributed by atoms with Crippen LogP contribution in [0, 0.1) is 0 Å². The van der Waals surface area contributed by atoms with Crippen LogP contribution < -0.4 is 14.4 Å². The number of nitrogens with zero attached hydrogens (tertiary/aromatic N) is 7. The van der Waals surface area contributed by atoms with E-state index in [1.54, 1.807) is 28.8 Å². The van der Waals surface area contributed by atoms with Gasteiger partial charge < -0.3 is 19.3 Å². The lowest BCUT2D eigenvalue weighted by atomic mass is 10.3. The maximum atomic E-state index is 12.6. The smallest absolute Gasteiger partial charge is 0.260 e. The van der Waals surface area contributed by atoms with Crippen LogP contribution in [0.5, 0.6) is 11.5 Å². The van der Waals surface area contributed by atoms with Gasteiger partial charge in [0.05, 0.1) is 7.11 Å². The summed E-state index contributed by atoms with van der Waals surface area (Å²) in [7, 11) is 1.58. The number of methoxy groups -OCH3 is 1. The van der Waals surface area contributed by atoms with E-state index in [4.69, 9.17) is 9.47 Å². The quantitative estimate of drug-likeness (QED) is 0.607. The van der Waals surface area contributed by atoms with Crippen molar-refractivity contribution in [2.24, 2.45) is 0 Å². The number of hydrogen-bond donors (Lipinski definition) is 0. The Hall–Kier alpha value is -3.43. The summed E-state index contributed by atoms with van der Waals surface area (Å²) in [4.78, 5) is 25.2. The van der Waals surface area contributed by atoms with E-state index in [0.29, 0.717) is 49.7 Å². The molecule has 1 aromatic carbocycles. The van der Waals surface area contributed by atoms with Crippen LogP contribution in [0.15, 0.2) is 30.6 Å². The number of amides is 1. The number of benzene rings is 1. The molecule has 0 radical (unpaired) electrons. The van der Waals surface area contributed by atoms with Crippen LogP contribution >= 0.6 is 0 Å². The molecule has 0 spiro atoms. The van der Waals surface area contributed by atoms with Crippen LogP contribution in [0.1, 0.15) is 6.92 Å². The molecule has 1 fully saturated rings. The standard InChI is InChI=1S/C19H23N7O3/c1-3-26-19-17(22-23-26)18(20-13-21-19)25-10-8-24(9-11-25)16(27)12-29-15-7-5-4-6-14(15)28-2/h4-7,13H,3,8-12H2,1-2H3. The Morgan fingerprint density at radius 3 is 2.59 bits per heavy atom. The number of fused-ring (bicyclic) bond motifs is 1. The van der Waals surface area contributed by atoms with Gasteiger partial charge in [-0.05, 0) is 19.1 Å². The molecule has 29 heavy (non-hydrogen) atoms. The molecule has 0 N–H and O–H groups in total. The van der Waals surface area contributed by atoms with Crippen molar-refractivity contribution in [3.05, 3.63) is 30.6 Å². The predicted octanol–water partition coefficient (Wildman–Crippen LogP) is 0.977. The number of aromatic nitrogens is 5. The molecule has 3 aromatic rings. The fraction of sp³-hybridized carbons (Fsp3) is 0.421. The highest BCUT2D eigenvalue weighted by atomic mass is 16.5. The first kappa shape index (κ1) is 18.9. The van der Waals surface area contributed by atoms with Gasteiger partial charge >= 0.3 is 0 Å². The number of piperazine rings is 1. The summed E-state index contributed by atoms with van der Waals surface area (Å²) in [5, 5.41) is 8.36. The molecule has 10 nitrogen and oxygen atoms in total. The Balaban J connectivity index is 1.37. The molecule has 0 atom stereocenters. The van der Waals surface area contributed by atoms with Crippen molar-refractivity contribution < 1.29 is 14.3 Å². The molecular weight excluding hydrogens is 374 g/mol. The molecule has 10 heteroatoms. The zero-order chi connectivity index (χ0) is 20.2. The Kier molecular flexibility index (Phi) is 5.41. The molecule has 1 amide bonds. The fourth-order valence-electron chi connectivity index (χ4n) is 3.36. The number of aryl methyl sites for hydroxylation is 1. The van der Waals surface area contributed by atoms with E-state index >= 15 is 0 Å². The maximum absolute atomic E-state index is 12.6. The Morgan fingerprint density at radius 2 is 1.86 bits per heavy atom.